The van der Waals surface area contributed by atoms with Crippen molar-refractivity contribution in [3.05, 3.63) is 0 Å². The quantitative estimate of drug-likeness (QED) is 0.725. The standard InChI is InChI=1S/C11H17BrF3NO2/c12-5-4-9-3-1-2-6-16(9)10(17)7-18-8-11(13,14)15/h9H,1-8H2. The van der Waals surface area contributed by atoms with Gasteiger partial charge in [-0.05, 0) is 25.7 Å². The molecule has 0 spiro atoms. The van der Waals surface area contributed by atoms with Crippen LogP contribution in [0.2, 0.25) is 0 Å². The first kappa shape index (κ1) is 15.8. The number of nitrogens with zero attached hydrogens (tertiary/aromatic N) is 1. The molecule has 1 atom stereocenters. The van der Waals surface area contributed by atoms with Gasteiger partial charge in [-0.25, -0.2) is 0 Å². The van der Waals surface area contributed by atoms with Crippen LogP contribution in [0.1, 0.15) is 25.7 Å². The van der Waals surface area contributed by atoms with Gasteiger partial charge >= 0.3 is 6.18 Å². The lowest BCUT2D eigenvalue weighted by Crippen LogP contribution is -2.45. The van der Waals surface area contributed by atoms with Crippen molar-refractivity contribution in [2.24, 2.45) is 0 Å². The van der Waals surface area contributed by atoms with Crippen LogP contribution in [0.25, 0.3) is 0 Å². The molecule has 1 fully saturated rings. The fourth-order valence-corrected chi connectivity index (χ4v) is 2.62. The molecule has 106 valence electrons. The van der Waals surface area contributed by atoms with Crippen LogP contribution in [0, 0.1) is 0 Å². The molecule has 1 saturated heterocycles. The number of amides is 1. The summed E-state index contributed by atoms with van der Waals surface area (Å²) in [6.45, 7) is -1.24. The van der Waals surface area contributed by atoms with Crippen LogP contribution in [0.3, 0.4) is 0 Å². The lowest BCUT2D eigenvalue weighted by molar-refractivity contribution is -0.178. The van der Waals surface area contributed by atoms with Gasteiger partial charge in [-0.3, -0.25) is 4.79 Å². The lowest BCUT2D eigenvalue weighted by atomic mass is 10.00. The molecule has 0 N–H and O–H groups in total. The van der Waals surface area contributed by atoms with E-state index in [0.717, 1.165) is 31.0 Å². The van der Waals surface area contributed by atoms with E-state index in [1.807, 2.05) is 0 Å². The Morgan fingerprint density at radius 1 is 1.39 bits per heavy atom. The molecule has 1 rings (SSSR count). The van der Waals surface area contributed by atoms with Crippen LogP contribution in [0.4, 0.5) is 13.2 Å². The molecule has 0 aromatic rings. The van der Waals surface area contributed by atoms with E-state index in [9.17, 15) is 18.0 Å². The summed E-state index contributed by atoms with van der Waals surface area (Å²) in [5, 5.41) is 0.783. The van der Waals surface area contributed by atoms with E-state index in [-0.39, 0.29) is 11.9 Å². The highest BCUT2D eigenvalue weighted by Crippen LogP contribution is 2.21. The zero-order valence-electron chi connectivity index (χ0n) is 10.0. The van der Waals surface area contributed by atoms with Crippen molar-refractivity contribution in [1.29, 1.82) is 0 Å². The van der Waals surface area contributed by atoms with Gasteiger partial charge < -0.3 is 9.64 Å². The van der Waals surface area contributed by atoms with Crippen LogP contribution >= 0.6 is 15.9 Å². The second kappa shape index (κ2) is 7.33. The van der Waals surface area contributed by atoms with Gasteiger partial charge in [-0.1, -0.05) is 15.9 Å². The average Bonchev–Trinajstić information content (AvgIpc) is 2.28. The van der Waals surface area contributed by atoms with Crippen LogP contribution in [0.15, 0.2) is 0 Å². The number of rotatable bonds is 5. The maximum atomic E-state index is 11.9. The Bertz CT molecular complexity index is 272. The molecule has 1 aliphatic heterocycles. The van der Waals surface area contributed by atoms with Crippen LogP contribution in [0.5, 0.6) is 0 Å². The third-order valence-corrected chi connectivity index (χ3v) is 3.34. The van der Waals surface area contributed by atoms with Crippen molar-refractivity contribution in [2.75, 3.05) is 25.1 Å². The average molecular weight is 332 g/mol. The molecule has 0 radical (unpaired) electrons. The van der Waals surface area contributed by atoms with Crippen molar-refractivity contribution in [1.82, 2.24) is 4.90 Å². The van der Waals surface area contributed by atoms with Gasteiger partial charge in [-0.15, -0.1) is 0 Å². The molecule has 7 heteroatoms. The molecule has 18 heavy (non-hydrogen) atoms. The van der Waals surface area contributed by atoms with Crippen LogP contribution < -0.4 is 0 Å². The molecule has 0 bridgehead atoms. The zero-order valence-corrected chi connectivity index (χ0v) is 11.6. The van der Waals surface area contributed by atoms with Gasteiger partial charge in [-0.2, -0.15) is 13.2 Å². The molecular formula is C11H17BrF3NO2. The third kappa shape index (κ3) is 5.56. The number of likely N-dealkylation sites (tertiary alicyclic amines) is 1. The predicted octanol–water partition coefficient (Wildman–Crippen LogP) is 2.73. The van der Waals surface area contributed by atoms with Crippen molar-refractivity contribution >= 4 is 21.8 Å². The van der Waals surface area contributed by atoms with Crippen molar-refractivity contribution in [3.8, 4) is 0 Å². The predicted molar refractivity (Wildman–Crippen MR) is 64.6 cm³/mol. The Morgan fingerprint density at radius 2 is 2.11 bits per heavy atom. The monoisotopic (exact) mass is 331 g/mol. The summed E-state index contributed by atoms with van der Waals surface area (Å²) < 4.78 is 40.1. The minimum Gasteiger partial charge on any atom is -0.362 e. The van der Waals surface area contributed by atoms with Crippen molar-refractivity contribution in [2.45, 2.75) is 37.9 Å². The van der Waals surface area contributed by atoms with Gasteiger partial charge in [0.25, 0.3) is 0 Å². The summed E-state index contributed by atoms with van der Waals surface area (Å²) in [5.74, 6) is -0.343. The number of halogens is 4. The van der Waals surface area contributed by atoms with E-state index >= 15 is 0 Å². The minimum absolute atomic E-state index is 0.125. The normalized spacial score (nSPS) is 21.1. The number of hydrogen-bond donors (Lipinski definition) is 0. The molecule has 0 aromatic heterocycles. The Labute approximate surface area is 113 Å². The first-order valence-corrected chi connectivity index (χ1v) is 7.06. The summed E-state index contributed by atoms with van der Waals surface area (Å²) in [6, 6.07) is 0.125. The molecule has 0 aliphatic carbocycles. The van der Waals surface area contributed by atoms with E-state index in [2.05, 4.69) is 20.7 Å². The summed E-state index contributed by atoms with van der Waals surface area (Å²) in [4.78, 5) is 13.4. The largest absolute Gasteiger partial charge is 0.411 e. The molecular weight excluding hydrogens is 315 g/mol. The second-order valence-electron chi connectivity index (χ2n) is 4.32. The SMILES string of the molecule is O=C(COCC(F)(F)F)N1CCCCC1CCBr. The number of hydrogen-bond acceptors (Lipinski definition) is 2. The van der Waals surface area contributed by atoms with Crippen molar-refractivity contribution in [3.63, 3.8) is 0 Å². The molecule has 1 aliphatic rings. The lowest BCUT2D eigenvalue weighted by Gasteiger charge is -2.35. The Balaban J connectivity index is 2.38. The molecule has 0 saturated carbocycles. The van der Waals surface area contributed by atoms with Crippen LogP contribution in [-0.2, 0) is 9.53 Å². The fraction of sp³-hybridized carbons (Fsp3) is 0.909. The molecule has 1 heterocycles. The highest BCUT2D eigenvalue weighted by atomic mass is 79.9. The number of piperidine rings is 1. The molecule has 1 unspecified atom stereocenters. The summed E-state index contributed by atoms with van der Waals surface area (Å²) in [6.07, 6.45) is -0.673. The topological polar surface area (TPSA) is 29.5 Å². The van der Waals surface area contributed by atoms with Gasteiger partial charge in [0.15, 0.2) is 0 Å². The summed E-state index contributed by atoms with van der Waals surface area (Å²) >= 11 is 3.32. The van der Waals surface area contributed by atoms with E-state index in [1.54, 1.807) is 4.90 Å². The number of ether oxygens (including phenoxy) is 1. The first-order valence-electron chi connectivity index (χ1n) is 5.94. The third-order valence-electron chi connectivity index (χ3n) is 2.88. The second-order valence-corrected chi connectivity index (χ2v) is 5.12. The number of alkyl halides is 4. The molecule has 0 aromatic carbocycles. The van der Waals surface area contributed by atoms with Crippen molar-refractivity contribution < 1.29 is 22.7 Å². The maximum absolute atomic E-state index is 11.9. The molecule has 1 amide bonds. The minimum atomic E-state index is -4.38. The van der Waals surface area contributed by atoms with Crippen LogP contribution in [-0.4, -0.2) is 48.1 Å². The molecule has 3 nitrogen and oxygen atoms in total. The number of carbonyl (C=O) groups is 1. The Kier molecular flexibility index (Phi) is 6.42. The fourth-order valence-electron chi connectivity index (χ4n) is 2.09. The van der Waals surface area contributed by atoms with Gasteiger partial charge in [0.05, 0.1) is 0 Å². The van der Waals surface area contributed by atoms with Gasteiger partial charge in [0.1, 0.15) is 13.2 Å². The Hall–Kier alpha value is -0.300. The van der Waals surface area contributed by atoms with Gasteiger partial charge in [0, 0.05) is 17.9 Å². The highest BCUT2D eigenvalue weighted by Gasteiger charge is 2.30. The van der Waals surface area contributed by atoms with E-state index < -0.39 is 19.4 Å². The smallest absolute Gasteiger partial charge is 0.362 e. The summed E-state index contributed by atoms with van der Waals surface area (Å²) in [7, 11) is 0. The van der Waals surface area contributed by atoms with E-state index in [4.69, 9.17) is 0 Å². The summed E-state index contributed by atoms with van der Waals surface area (Å²) in [5.41, 5.74) is 0. The van der Waals surface area contributed by atoms with E-state index in [1.165, 1.54) is 0 Å². The van der Waals surface area contributed by atoms with Gasteiger partial charge in [0.2, 0.25) is 5.91 Å². The zero-order chi connectivity index (χ0) is 13.6. The Morgan fingerprint density at radius 3 is 2.72 bits per heavy atom. The van der Waals surface area contributed by atoms with E-state index in [0.29, 0.717) is 6.54 Å². The highest BCUT2D eigenvalue weighted by molar-refractivity contribution is 9.09. The number of carbonyl (C=O) groups excluding carboxylic acids is 1. The first-order chi connectivity index (χ1) is 8.44. The maximum Gasteiger partial charge on any atom is 0.411 e.